The van der Waals surface area contributed by atoms with E-state index in [0.717, 1.165) is 25.7 Å². The summed E-state index contributed by atoms with van der Waals surface area (Å²) < 4.78 is 1.35. The Morgan fingerprint density at radius 3 is 2.70 bits per heavy atom. The molecule has 1 saturated heterocycles. The number of hydrogen-bond donors (Lipinski definition) is 1. The van der Waals surface area contributed by atoms with Crippen LogP contribution in [0.4, 0.5) is 0 Å². The van der Waals surface area contributed by atoms with Crippen LogP contribution >= 0.6 is 0 Å². The Hall–Kier alpha value is -2.89. The van der Waals surface area contributed by atoms with Crippen LogP contribution in [-0.2, 0) is 11.3 Å². The molecule has 0 bridgehead atoms. The molecule has 1 saturated carbocycles. The van der Waals surface area contributed by atoms with Gasteiger partial charge in [-0.1, -0.05) is 23.8 Å². The average molecular weight is 408 g/mol. The van der Waals surface area contributed by atoms with Crippen LogP contribution in [0.3, 0.4) is 0 Å². The highest BCUT2D eigenvalue weighted by molar-refractivity contribution is 5.93. The molecule has 4 rings (SSSR count). The highest BCUT2D eigenvalue weighted by atomic mass is 16.2. The fourth-order valence-corrected chi connectivity index (χ4v) is 4.23. The summed E-state index contributed by atoms with van der Waals surface area (Å²) in [6, 6.07) is 9.56. The molecule has 0 spiro atoms. The highest BCUT2D eigenvalue weighted by Crippen LogP contribution is 2.34. The molecule has 1 aliphatic carbocycles. The van der Waals surface area contributed by atoms with Gasteiger partial charge in [0.15, 0.2) is 0 Å². The second-order valence-corrected chi connectivity index (χ2v) is 8.61. The number of benzene rings is 1. The van der Waals surface area contributed by atoms with Gasteiger partial charge < -0.3 is 14.8 Å². The molecule has 2 aliphatic rings. The molecular formula is C24H29N3O3. The lowest BCUT2D eigenvalue weighted by atomic mass is 9.97. The van der Waals surface area contributed by atoms with E-state index in [-0.39, 0.29) is 30.0 Å². The van der Waals surface area contributed by atoms with Crippen LogP contribution in [-0.4, -0.2) is 34.4 Å². The minimum absolute atomic E-state index is 0.0399. The molecular weight excluding hydrogens is 378 g/mol. The highest BCUT2D eigenvalue weighted by Gasteiger charge is 2.31. The number of nitrogens with one attached hydrogen (secondary N) is 1. The lowest BCUT2D eigenvalue weighted by Crippen LogP contribution is -2.38. The van der Waals surface area contributed by atoms with E-state index in [2.05, 4.69) is 37.4 Å². The molecule has 30 heavy (non-hydrogen) atoms. The van der Waals surface area contributed by atoms with Crippen LogP contribution in [0.5, 0.6) is 0 Å². The van der Waals surface area contributed by atoms with Gasteiger partial charge in [-0.15, -0.1) is 0 Å². The zero-order chi connectivity index (χ0) is 21.3. The van der Waals surface area contributed by atoms with E-state index >= 15 is 0 Å². The predicted molar refractivity (Wildman–Crippen MR) is 115 cm³/mol. The SMILES string of the molecule is Cc1ccc(C)c(C2CCCN2C(=O)Cn2cccc(C(=O)NCC3CC3)c2=O)c1. The van der Waals surface area contributed by atoms with Gasteiger partial charge in [0.1, 0.15) is 12.1 Å². The average Bonchev–Trinajstić information content (AvgIpc) is 3.43. The predicted octanol–water partition coefficient (Wildman–Crippen LogP) is 2.97. The van der Waals surface area contributed by atoms with Crippen LogP contribution in [0.2, 0.25) is 0 Å². The lowest BCUT2D eigenvalue weighted by Gasteiger charge is -2.27. The van der Waals surface area contributed by atoms with Crippen molar-refractivity contribution in [1.82, 2.24) is 14.8 Å². The molecule has 0 radical (unpaired) electrons. The van der Waals surface area contributed by atoms with Crippen molar-refractivity contribution in [1.29, 1.82) is 0 Å². The molecule has 2 fully saturated rings. The van der Waals surface area contributed by atoms with Gasteiger partial charge in [0.05, 0.1) is 6.04 Å². The Morgan fingerprint density at radius 2 is 1.93 bits per heavy atom. The van der Waals surface area contributed by atoms with Crippen molar-refractivity contribution in [3.8, 4) is 0 Å². The van der Waals surface area contributed by atoms with E-state index in [9.17, 15) is 14.4 Å². The van der Waals surface area contributed by atoms with Crippen molar-refractivity contribution in [2.75, 3.05) is 13.1 Å². The van der Waals surface area contributed by atoms with Gasteiger partial charge in [0.25, 0.3) is 11.5 Å². The summed E-state index contributed by atoms with van der Waals surface area (Å²) in [5.74, 6) is 0.0952. The number of rotatable bonds is 6. The number of likely N-dealkylation sites (tertiary alicyclic amines) is 1. The zero-order valence-electron chi connectivity index (χ0n) is 17.7. The summed E-state index contributed by atoms with van der Waals surface area (Å²) in [5.41, 5.74) is 3.22. The molecule has 2 heterocycles. The molecule has 1 aromatic heterocycles. The van der Waals surface area contributed by atoms with E-state index in [1.165, 1.54) is 27.3 Å². The smallest absolute Gasteiger partial charge is 0.263 e. The van der Waals surface area contributed by atoms with E-state index < -0.39 is 5.56 Å². The van der Waals surface area contributed by atoms with Gasteiger partial charge in [-0.3, -0.25) is 14.4 Å². The molecule has 2 amide bonds. The molecule has 2 aromatic rings. The molecule has 1 unspecified atom stereocenters. The monoisotopic (exact) mass is 407 g/mol. The van der Waals surface area contributed by atoms with Crippen molar-refractivity contribution in [2.24, 2.45) is 5.92 Å². The first-order valence-electron chi connectivity index (χ1n) is 10.8. The number of amides is 2. The maximum atomic E-state index is 13.1. The van der Waals surface area contributed by atoms with Gasteiger partial charge in [0, 0.05) is 19.3 Å². The Kier molecular flexibility index (Phi) is 5.75. The van der Waals surface area contributed by atoms with Gasteiger partial charge in [-0.25, -0.2) is 0 Å². The molecule has 1 atom stereocenters. The maximum absolute atomic E-state index is 13.1. The number of carbonyl (C=O) groups excluding carboxylic acids is 2. The van der Waals surface area contributed by atoms with E-state index in [4.69, 9.17) is 0 Å². The zero-order valence-corrected chi connectivity index (χ0v) is 17.7. The third-order valence-electron chi connectivity index (χ3n) is 6.19. The van der Waals surface area contributed by atoms with Gasteiger partial charge in [-0.2, -0.15) is 0 Å². The number of aromatic nitrogens is 1. The van der Waals surface area contributed by atoms with Crippen molar-refractivity contribution in [3.05, 3.63) is 69.1 Å². The quantitative estimate of drug-likeness (QED) is 0.800. The topological polar surface area (TPSA) is 71.4 Å². The Morgan fingerprint density at radius 1 is 1.13 bits per heavy atom. The van der Waals surface area contributed by atoms with E-state index in [1.54, 1.807) is 12.3 Å². The van der Waals surface area contributed by atoms with E-state index in [1.807, 2.05) is 4.90 Å². The molecule has 1 aliphatic heterocycles. The Balaban J connectivity index is 1.50. The maximum Gasteiger partial charge on any atom is 0.263 e. The second-order valence-electron chi connectivity index (χ2n) is 8.61. The summed E-state index contributed by atoms with van der Waals surface area (Å²) in [6.07, 6.45) is 5.72. The summed E-state index contributed by atoms with van der Waals surface area (Å²) >= 11 is 0. The fourth-order valence-electron chi connectivity index (χ4n) is 4.23. The van der Waals surface area contributed by atoms with Crippen LogP contribution in [0.15, 0.2) is 41.3 Å². The van der Waals surface area contributed by atoms with Crippen LogP contribution in [0.25, 0.3) is 0 Å². The molecule has 158 valence electrons. The van der Waals surface area contributed by atoms with Gasteiger partial charge >= 0.3 is 0 Å². The number of hydrogen-bond acceptors (Lipinski definition) is 3. The first-order chi connectivity index (χ1) is 14.4. The first kappa shape index (κ1) is 20.4. The summed E-state index contributed by atoms with van der Waals surface area (Å²) in [6.45, 7) is 5.38. The summed E-state index contributed by atoms with van der Waals surface area (Å²) in [5, 5.41) is 2.83. The largest absolute Gasteiger partial charge is 0.352 e. The Labute approximate surface area is 176 Å². The molecule has 1 N–H and O–H groups in total. The number of carbonyl (C=O) groups is 2. The van der Waals surface area contributed by atoms with Gasteiger partial charge in [0.2, 0.25) is 5.91 Å². The third-order valence-corrected chi connectivity index (χ3v) is 6.19. The third kappa shape index (κ3) is 4.32. The minimum atomic E-state index is -0.415. The molecule has 6 nitrogen and oxygen atoms in total. The fraction of sp³-hybridized carbons (Fsp3) is 0.458. The summed E-state index contributed by atoms with van der Waals surface area (Å²) in [7, 11) is 0. The number of pyridine rings is 1. The van der Waals surface area contributed by atoms with Crippen LogP contribution in [0, 0.1) is 19.8 Å². The Bertz CT molecular complexity index is 1020. The minimum Gasteiger partial charge on any atom is -0.352 e. The number of aryl methyl sites for hydroxylation is 2. The summed E-state index contributed by atoms with van der Waals surface area (Å²) in [4.78, 5) is 40.2. The molecule has 6 heteroatoms. The van der Waals surface area contributed by atoms with Crippen molar-refractivity contribution >= 4 is 11.8 Å². The first-order valence-corrected chi connectivity index (χ1v) is 10.8. The normalized spacial score (nSPS) is 18.5. The molecule has 1 aromatic carbocycles. The van der Waals surface area contributed by atoms with Crippen LogP contribution < -0.4 is 10.9 Å². The van der Waals surface area contributed by atoms with Crippen molar-refractivity contribution in [3.63, 3.8) is 0 Å². The lowest BCUT2D eigenvalue weighted by molar-refractivity contribution is -0.132. The van der Waals surface area contributed by atoms with Crippen LogP contribution in [0.1, 0.15) is 58.8 Å². The second kappa shape index (κ2) is 8.46. The van der Waals surface area contributed by atoms with Gasteiger partial charge in [-0.05, 0) is 68.7 Å². The number of nitrogens with zero attached hydrogens (tertiary/aromatic N) is 2. The van der Waals surface area contributed by atoms with Crippen molar-refractivity contribution in [2.45, 2.75) is 52.1 Å². The van der Waals surface area contributed by atoms with Crippen molar-refractivity contribution < 1.29 is 9.59 Å². The standard InChI is InChI=1S/C24H29N3O3/c1-16-7-8-17(2)20(13-16)21-6-4-12-27(21)22(28)15-26-11-3-5-19(24(26)30)23(29)25-14-18-9-10-18/h3,5,7-8,11,13,18,21H,4,6,9-10,12,14-15H2,1-2H3,(H,25,29). The van der Waals surface area contributed by atoms with E-state index in [0.29, 0.717) is 19.0 Å².